The number of unbranched alkanes of at least 4 members (excludes halogenated alkanes) is 1. The average Bonchev–Trinajstić information content (AvgIpc) is 3.08. The minimum atomic E-state index is 0.0169. The fourth-order valence-electron chi connectivity index (χ4n) is 2.60. The first-order chi connectivity index (χ1) is 10.7. The van der Waals surface area contributed by atoms with Gasteiger partial charge in [-0.3, -0.25) is 4.90 Å². The summed E-state index contributed by atoms with van der Waals surface area (Å²) in [7, 11) is 1.86. The summed E-state index contributed by atoms with van der Waals surface area (Å²) in [6.07, 6.45) is 2.14. The zero-order valence-corrected chi connectivity index (χ0v) is 14.4. The second kappa shape index (κ2) is 9.12. The van der Waals surface area contributed by atoms with Gasteiger partial charge in [0.2, 0.25) is 0 Å². The number of nitrogens with zero attached hydrogens (tertiary/aromatic N) is 2. The molecule has 0 saturated carbocycles. The van der Waals surface area contributed by atoms with Crippen molar-refractivity contribution in [3.8, 4) is 0 Å². The quantitative estimate of drug-likeness (QED) is 0.838. The molecule has 1 aliphatic heterocycles. The van der Waals surface area contributed by atoms with Crippen LogP contribution in [0.5, 0.6) is 0 Å². The smallest absolute Gasteiger partial charge is 0.317 e. The number of urea groups is 1. The Balaban J connectivity index is 1.91. The van der Waals surface area contributed by atoms with Gasteiger partial charge in [-0.2, -0.15) is 0 Å². The lowest BCUT2D eigenvalue weighted by atomic mass is 10.2. The number of nitrogens with one attached hydrogen (secondary N) is 1. The zero-order valence-electron chi connectivity index (χ0n) is 13.6. The van der Waals surface area contributed by atoms with Crippen LogP contribution in [-0.4, -0.2) is 62.3 Å². The molecule has 0 spiro atoms. The lowest BCUT2D eigenvalue weighted by Crippen LogP contribution is -2.46. The predicted octanol–water partition coefficient (Wildman–Crippen LogP) is 2.56. The van der Waals surface area contributed by atoms with Gasteiger partial charge in [0.05, 0.1) is 19.3 Å². The van der Waals surface area contributed by atoms with Crippen molar-refractivity contribution in [3.05, 3.63) is 22.4 Å². The van der Waals surface area contributed by atoms with Crippen molar-refractivity contribution >= 4 is 17.4 Å². The van der Waals surface area contributed by atoms with Crippen molar-refractivity contribution in [1.29, 1.82) is 0 Å². The summed E-state index contributed by atoms with van der Waals surface area (Å²) >= 11 is 1.75. The van der Waals surface area contributed by atoms with Gasteiger partial charge in [0, 0.05) is 38.1 Å². The molecule has 1 atom stereocenters. The SMILES string of the molecule is CCCCN(C)C(=O)NCC(c1cccs1)N1CCOCC1. The van der Waals surface area contributed by atoms with Crippen LogP contribution < -0.4 is 5.32 Å². The summed E-state index contributed by atoms with van der Waals surface area (Å²) in [5, 5.41) is 5.18. The molecule has 1 aliphatic rings. The number of amides is 2. The van der Waals surface area contributed by atoms with E-state index in [0.29, 0.717) is 6.54 Å². The number of hydrogen-bond donors (Lipinski definition) is 1. The summed E-state index contributed by atoms with van der Waals surface area (Å²) in [5.74, 6) is 0. The summed E-state index contributed by atoms with van der Waals surface area (Å²) < 4.78 is 5.44. The molecule has 6 heteroatoms. The Labute approximate surface area is 137 Å². The lowest BCUT2D eigenvalue weighted by Gasteiger charge is -2.34. The Kier molecular flexibility index (Phi) is 7.15. The van der Waals surface area contributed by atoms with Crippen LogP contribution in [0.15, 0.2) is 17.5 Å². The van der Waals surface area contributed by atoms with Crippen molar-refractivity contribution in [2.45, 2.75) is 25.8 Å². The third kappa shape index (κ3) is 4.97. The molecule has 1 N–H and O–H groups in total. The standard InChI is InChI=1S/C16H27N3O2S/c1-3-4-7-18(2)16(20)17-13-14(15-6-5-12-22-15)19-8-10-21-11-9-19/h5-6,12,14H,3-4,7-11,13H2,1-2H3,(H,17,20). The number of ether oxygens (including phenoxy) is 1. The molecule has 0 radical (unpaired) electrons. The van der Waals surface area contributed by atoms with Crippen LogP contribution >= 0.6 is 11.3 Å². The molecule has 124 valence electrons. The second-order valence-electron chi connectivity index (χ2n) is 5.64. The molecule has 1 fully saturated rings. The number of rotatable bonds is 7. The largest absolute Gasteiger partial charge is 0.379 e. The van der Waals surface area contributed by atoms with E-state index < -0.39 is 0 Å². The molecule has 2 heterocycles. The molecule has 1 aromatic rings. The Hall–Kier alpha value is -1.11. The number of thiophene rings is 1. The predicted molar refractivity (Wildman–Crippen MR) is 90.4 cm³/mol. The Morgan fingerprint density at radius 3 is 2.91 bits per heavy atom. The van der Waals surface area contributed by atoms with Crippen LogP contribution in [0.1, 0.15) is 30.7 Å². The van der Waals surface area contributed by atoms with Crippen LogP contribution in [0.4, 0.5) is 4.79 Å². The van der Waals surface area contributed by atoms with E-state index in [1.54, 1.807) is 16.2 Å². The molecular formula is C16H27N3O2S. The molecule has 0 aromatic carbocycles. The van der Waals surface area contributed by atoms with E-state index in [0.717, 1.165) is 45.7 Å². The average molecular weight is 325 g/mol. The van der Waals surface area contributed by atoms with Gasteiger partial charge in [-0.15, -0.1) is 11.3 Å². The highest BCUT2D eigenvalue weighted by molar-refractivity contribution is 7.10. The molecule has 0 aliphatic carbocycles. The maximum atomic E-state index is 12.2. The minimum Gasteiger partial charge on any atom is -0.379 e. The first-order valence-corrected chi connectivity index (χ1v) is 8.94. The molecule has 2 rings (SSSR count). The Bertz CT molecular complexity index is 433. The molecule has 1 unspecified atom stereocenters. The van der Waals surface area contributed by atoms with Gasteiger partial charge in [0.15, 0.2) is 0 Å². The normalized spacial score (nSPS) is 17.2. The van der Waals surface area contributed by atoms with Crippen molar-refractivity contribution in [2.24, 2.45) is 0 Å². The molecule has 2 amide bonds. The maximum Gasteiger partial charge on any atom is 0.317 e. The third-order valence-corrected chi connectivity index (χ3v) is 4.97. The van der Waals surface area contributed by atoms with Gasteiger partial charge in [-0.05, 0) is 17.9 Å². The molecule has 22 heavy (non-hydrogen) atoms. The second-order valence-corrected chi connectivity index (χ2v) is 6.62. The van der Waals surface area contributed by atoms with Crippen LogP contribution in [0.2, 0.25) is 0 Å². The van der Waals surface area contributed by atoms with Gasteiger partial charge in [0.25, 0.3) is 0 Å². The molecule has 0 bridgehead atoms. The van der Waals surface area contributed by atoms with E-state index in [1.165, 1.54) is 4.88 Å². The van der Waals surface area contributed by atoms with Crippen LogP contribution in [0.25, 0.3) is 0 Å². The summed E-state index contributed by atoms with van der Waals surface area (Å²) in [4.78, 5) is 17.7. The maximum absolute atomic E-state index is 12.2. The summed E-state index contributed by atoms with van der Waals surface area (Å²) in [6.45, 7) is 6.98. The highest BCUT2D eigenvalue weighted by atomic mass is 32.1. The van der Waals surface area contributed by atoms with E-state index in [9.17, 15) is 4.79 Å². The Morgan fingerprint density at radius 1 is 1.50 bits per heavy atom. The van der Waals surface area contributed by atoms with Crippen LogP contribution in [0.3, 0.4) is 0 Å². The van der Waals surface area contributed by atoms with Crippen molar-refractivity contribution in [3.63, 3.8) is 0 Å². The molecule has 5 nitrogen and oxygen atoms in total. The van der Waals surface area contributed by atoms with Gasteiger partial charge in [0.1, 0.15) is 0 Å². The van der Waals surface area contributed by atoms with E-state index >= 15 is 0 Å². The number of carbonyl (C=O) groups excluding carboxylic acids is 1. The van der Waals surface area contributed by atoms with Gasteiger partial charge in [-0.25, -0.2) is 4.79 Å². The van der Waals surface area contributed by atoms with Crippen LogP contribution in [0, 0.1) is 0 Å². The van der Waals surface area contributed by atoms with Crippen molar-refractivity contribution in [2.75, 3.05) is 46.4 Å². The van der Waals surface area contributed by atoms with Crippen LogP contribution in [-0.2, 0) is 4.74 Å². The zero-order chi connectivity index (χ0) is 15.8. The highest BCUT2D eigenvalue weighted by Crippen LogP contribution is 2.25. The van der Waals surface area contributed by atoms with Gasteiger partial charge >= 0.3 is 6.03 Å². The summed E-state index contributed by atoms with van der Waals surface area (Å²) in [6, 6.07) is 4.48. The van der Waals surface area contributed by atoms with E-state index in [-0.39, 0.29) is 12.1 Å². The topological polar surface area (TPSA) is 44.8 Å². The fourth-order valence-corrected chi connectivity index (χ4v) is 3.46. The minimum absolute atomic E-state index is 0.0169. The fraction of sp³-hybridized carbons (Fsp3) is 0.688. The lowest BCUT2D eigenvalue weighted by molar-refractivity contribution is 0.0172. The van der Waals surface area contributed by atoms with E-state index in [1.807, 2.05) is 7.05 Å². The first kappa shape index (κ1) is 17.2. The number of carbonyl (C=O) groups is 1. The van der Waals surface area contributed by atoms with E-state index in [4.69, 9.17) is 4.74 Å². The monoisotopic (exact) mass is 325 g/mol. The van der Waals surface area contributed by atoms with Crippen molar-refractivity contribution < 1.29 is 9.53 Å². The Morgan fingerprint density at radius 2 is 2.27 bits per heavy atom. The third-order valence-electron chi connectivity index (χ3n) is 4.00. The highest BCUT2D eigenvalue weighted by Gasteiger charge is 2.24. The van der Waals surface area contributed by atoms with Gasteiger partial charge < -0.3 is 15.0 Å². The molecule has 1 aromatic heterocycles. The molecule has 1 saturated heterocycles. The summed E-state index contributed by atoms with van der Waals surface area (Å²) in [5.41, 5.74) is 0. The van der Waals surface area contributed by atoms with Crippen molar-refractivity contribution in [1.82, 2.24) is 15.1 Å². The number of hydrogen-bond acceptors (Lipinski definition) is 4. The van der Waals surface area contributed by atoms with Gasteiger partial charge in [-0.1, -0.05) is 19.4 Å². The molecular weight excluding hydrogens is 298 g/mol. The van der Waals surface area contributed by atoms with E-state index in [2.05, 4.69) is 34.7 Å². The number of morpholine rings is 1. The first-order valence-electron chi connectivity index (χ1n) is 8.06.